The van der Waals surface area contributed by atoms with Crippen LogP contribution >= 0.6 is 22.9 Å². The maximum atomic E-state index is 11.8. The zero-order valence-corrected chi connectivity index (χ0v) is 10.5. The number of nitrogens with one attached hydrogen (secondary N) is 1. The molecule has 7 heteroatoms. The van der Waals surface area contributed by atoms with E-state index in [0.717, 1.165) is 4.88 Å². The van der Waals surface area contributed by atoms with Gasteiger partial charge in [-0.3, -0.25) is 4.79 Å². The third-order valence-electron chi connectivity index (χ3n) is 2.06. The Labute approximate surface area is 107 Å². The number of nitrogens with two attached hydrogens (primary N) is 1. The first-order chi connectivity index (χ1) is 8.06. The van der Waals surface area contributed by atoms with E-state index in [1.54, 1.807) is 6.07 Å². The van der Waals surface area contributed by atoms with Crippen molar-refractivity contribution in [2.75, 3.05) is 11.1 Å². The molecule has 0 aliphatic rings. The van der Waals surface area contributed by atoms with E-state index in [1.807, 2.05) is 6.92 Å². The van der Waals surface area contributed by atoms with Crippen molar-refractivity contribution < 1.29 is 4.79 Å². The van der Waals surface area contributed by atoms with E-state index in [0.29, 0.717) is 16.4 Å². The summed E-state index contributed by atoms with van der Waals surface area (Å²) in [5.41, 5.74) is 6.29. The van der Waals surface area contributed by atoms with Gasteiger partial charge in [-0.1, -0.05) is 11.6 Å². The Morgan fingerprint density at radius 1 is 1.47 bits per heavy atom. The van der Waals surface area contributed by atoms with Gasteiger partial charge in [-0.2, -0.15) is 0 Å². The van der Waals surface area contributed by atoms with Crippen LogP contribution in [-0.2, 0) is 0 Å². The molecule has 0 saturated heterocycles. The predicted molar refractivity (Wildman–Crippen MR) is 68.5 cm³/mol. The summed E-state index contributed by atoms with van der Waals surface area (Å²) in [5, 5.41) is 2.90. The van der Waals surface area contributed by atoms with Crippen molar-refractivity contribution in [1.82, 2.24) is 9.97 Å². The molecular weight excluding hydrogens is 260 g/mol. The third kappa shape index (κ3) is 2.72. The predicted octanol–water partition coefficient (Wildman–Crippen LogP) is 2.33. The van der Waals surface area contributed by atoms with Crippen LogP contribution in [0, 0.1) is 6.92 Å². The number of carbonyl (C=O) groups is 1. The van der Waals surface area contributed by atoms with Crippen LogP contribution in [0.2, 0.25) is 5.15 Å². The van der Waals surface area contributed by atoms with Gasteiger partial charge in [0.1, 0.15) is 17.3 Å². The number of aryl methyl sites for hydroxylation is 1. The summed E-state index contributed by atoms with van der Waals surface area (Å²) in [4.78, 5) is 20.9. The molecule has 5 nitrogen and oxygen atoms in total. The molecule has 2 heterocycles. The first kappa shape index (κ1) is 11.8. The Balaban J connectivity index is 2.17. The monoisotopic (exact) mass is 268 g/mol. The first-order valence-electron chi connectivity index (χ1n) is 4.71. The van der Waals surface area contributed by atoms with Gasteiger partial charge in [-0.05, 0) is 13.0 Å². The fourth-order valence-corrected chi connectivity index (χ4v) is 2.17. The Morgan fingerprint density at radius 2 is 2.24 bits per heavy atom. The highest BCUT2D eigenvalue weighted by molar-refractivity contribution is 7.14. The lowest BCUT2D eigenvalue weighted by Crippen LogP contribution is -2.11. The molecule has 2 rings (SSSR count). The number of nitrogens with zero attached hydrogens (tertiary/aromatic N) is 2. The number of thiophene rings is 1. The van der Waals surface area contributed by atoms with Gasteiger partial charge in [0.05, 0.1) is 4.88 Å². The summed E-state index contributed by atoms with van der Waals surface area (Å²) >= 11 is 7.02. The van der Waals surface area contributed by atoms with Crippen LogP contribution in [0.5, 0.6) is 0 Å². The molecule has 0 saturated carbocycles. The summed E-state index contributed by atoms with van der Waals surface area (Å²) in [6, 6.07) is 3.11. The van der Waals surface area contributed by atoms with Gasteiger partial charge in [0, 0.05) is 16.6 Å². The molecule has 0 atom stereocenters. The highest BCUT2D eigenvalue weighted by atomic mass is 35.5. The van der Waals surface area contributed by atoms with E-state index in [2.05, 4.69) is 15.3 Å². The van der Waals surface area contributed by atoms with Crippen molar-refractivity contribution in [2.24, 2.45) is 0 Å². The normalized spacial score (nSPS) is 10.2. The molecular formula is C10H9ClN4OS. The molecule has 0 fully saturated rings. The van der Waals surface area contributed by atoms with Crippen molar-refractivity contribution in [2.45, 2.75) is 6.92 Å². The number of nitrogen functional groups attached to an aromatic ring is 1. The largest absolute Gasteiger partial charge is 0.398 e. The highest BCUT2D eigenvalue weighted by Crippen LogP contribution is 2.24. The standard InChI is InChI=1S/C10H9ClN4OS/c1-5-6(12)2-7(17-5)10(16)15-9-3-8(11)13-4-14-9/h2-4H,12H2,1H3,(H,13,14,15,16). The molecule has 17 heavy (non-hydrogen) atoms. The summed E-state index contributed by atoms with van der Waals surface area (Å²) in [6.07, 6.45) is 1.28. The minimum atomic E-state index is -0.260. The van der Waals surface area contributed by atoms with Crippen LogP contribution in [0.3, 0.4) is 0 Å². The van der Waals surface area contributed by atoms with Gasteiger partial charge in [0.25, 0.3) is 5.91 Å². The van der Waals surface area contributed by atoms with Crippen molar-refractivity contribution in [3.8, 4) is 0 Å². The number of rotatable bonds is 2. The fraction of sp³-hybridized carbons (Fsp3) is 0.100. The molecule has 0 aliphatic heterocycles. The number of carbonyl (C=O) groups excluding carboxylic acids is 1. The Morgan fingerprint density at radius 3 is 2.82 bits per heavy atom. The number of hydrogen-bond acceptors (Lipinski definition) is 5. The van der Waals surface area contributed by atoms with Crippen LogP contribution in [0.1, 0.15) is 14.5 Å². The molecule has 0 spiro atoms. The molecule has 88 valence electrons. The van der Waals surface area contributed by atoms with E-state index >= 15 is 0 Å². The molecule has 1 amide bonds. The van der Waals surface area contributed by atoms with E-state index < -0.39 is 0 Å². The number of aromatic nitrogens is 2. The average Bonchev–Trinajstić information content (AvgIpc) is 2.59. The van der Waals surface area contributed by atoms with Gasteiger partial charge in [-0.25, -0.2) is 9.97 Å². The number of amides is 1. The summed E-state index contributed by atoms with van der Waals surface area (Å²) in [6.45, 7) is 1.86. The SMILES string of the molecule is Cc1sc(C(=O)Nc2cc(Cl)ncn2)cc1N. The van der Waals surface area contributed by atoms with E-state index in [-0.39, 0.29) is 11.1 Å². The molecule has 0 aliphatic carbocycles. The summed E-state index contributed by atoms with van der Waals surface area (Å²) < 4.78 is 0. The second-order valence-corrected chi connectivity index (χ2v) is 4.95. The smallest absolute Gasteiger partial charge is 0.266 e. The molecule has 0 radical (unpaired) electrons. The zero-order valence-electron chi connectivity index (χ0n) is 8.90. The third-order valence-corrected chi connectivity index (χ3v) is 3.33. The average molecular weight is 269 g/mol. The maximum absolute atomic E-state index is 11.8. The Hall–Kier alpha value is -1.66. The first-order valence-corrected chi connectivity index (χ1v) is 5.90. The van der Waals surface area contributed by atoms with Crippen LogP contribution in [0.25, 0.3) is 0 Å². The quantitative estimate of drug-likeness (QED) is 0.819. The second-order valence-electron chi connectivity index (χ2n) is 3.30. The van der Waals surface area contributed by atoms with E-state index in [1.165, 1.54) is 23.7 Å². The lowest BCUT2D eigenvalue weighted by Gasteiger charge is -2.01. The summed E-state index contributed by atoms with van der Waals surface area (Å²) in [7, 11) is 0. The van der Waals surface area contributed by atoms with Crippen LogP contribution in [0.15, 0.2) is 18.5 Å². The lowest BCUT2D eigenvalue weighted by atomic mass is 10.3. The minimum absolute atomic E-state index is 0.260. The van der Waals surface area contributed by atoms with Crippen LogP contribution < -0.4 is 11.1 Å². The van der Waals surface area contributed by atoms with Gasteiger partial charge in [-0.15, -0.1) is 11.3 Å². The fourth-order valence-electron chi connectivity index (χ4n) is 1.19. The lowest BCUT2D eigenvalue weighted by molar-refractivity contribution is 0.103. The van der Waals surface area contributed by atoms with Crippen molar-refractivity contribution >= 4 is 40.4 Å². The Kier molecular flexibility index (Phi) is 3.26. The molecule has 0 unspecified atom stereocenters. The minimum Gasteiger partial charge on any atom is -0.398 e. The highest BCUT2D eigenvalue weighted by Gasteiger charge is 2.11. The number of halogens is 1. The summed E-state index contributed by atoms with van der Waals surface area (Å²) in [5.74, 6) is 0.101. The van der Waals surface area contributed by atoms with Gasteiger partial charge in [0.2, 0.25) is 0 Å². The zero-order chi connectivity index (χ0) is 12.4. The van der Waals surface area contributed by atoms with Crippen molar-refractivity contribution in [3.63, 3.8) is 0 Å². The maximum Gasteiger partial charge on any atom is 0.266 e. The van der Waals surface area contributed by atoms with Crippen molar-refractivity contribution in [1.29, 1.82) is 0 Å². The van der Waals surface area contributed by atoms with Crippen LogP contribution in [0.4, 0.5) is 11.5 Å². The second kappa shape index (κ2) is 4.68. The van der Waals surface area contributed by atoms with Gasteiger partial charge < -0.3 is 11.1 Å². The topological polar surface area (TPSA) is 80.9 Å². The Bertz CT molecular complexity index is 550. The van der Waals surface area contributed by atoms with E-state index in [4.69, 9.17) is 17.3 Å². The molecule has 2 aromatic heterocycles. The molecule has 0 aromatic carbocycles. The van der Waals surface area contributed by atoms with Crippen LogP contribution in [-0.4, -0.2) is 15.9 Å². The van der Waals surface area contributed by atoms with Crippen molar-refractivity contribution in [3.05, 3.63) is 33.4 Å². The number of anilines is 2. The molecule has 2 aromatic rings. The van der Waals surface area contributed by atoms with Gasteiger partial charge in [0.15, 0.2) is 0 Å². The van der Waals surface area contributed by atoms with E-state index in [9.17, 15) is 4.79 Å². The molecule has 0 bridgehead atoms. The number of hydrogen-bond donors (Lipinski definition) is 2. The molecule has 3 N–H and O–H groups in total. The van der Waals surface area contributed by atoms with Gasteiger partial charge >= 0.3 is 0 Å².